The van der Waals surface area contributed by atoms with Gasteiger partial charge in [-0.1, -0.05) is 12.1 Å². The van der Waals surface area contributed by atoms with Gasteiger partial charge in [0.15, 0.2) is 0 Å². The number of carbonyl (C=O) groups is 2. The van der Waals surface area contributed by atoms with Crippen LogP contribution in [0.15, 0.2) is 29.3 Å². The molecule has 0 saturated carbocycles. The van der Waals surface area contributed by atoms with Crippen molar-refractivity contribution in [3.63, 3.8) is 0 Å². The van der Waals surface area contributed by atoms with E-state index in [0.29, 0.717) is 30.7 Å². The van der Waals surface area contributed by atoms with Crippen LogP contribution in [0.1, 0.15) is 44.7 Å². The molecule has 26 heavy (non-hydrogen) atoms. The number of nitrogens with zero attached hydrogens (tertiary/aromatic N) is 2. The Morgan fingerprint density at radius 3 is 2.46 bits per heavy atom. The third kappa shape index (κ3) is 8.94. The van der Waals surface area contributed by atoms with E-state index in [4.69, 9.17) is 15.1 Å². The number of aliphatic hydroxyl groups is 1. The number of ether oxygens (including phenoxy) is 1. The maximum atomic E-state index is 12.0. The summed E-state index contributed by atoms with van der Waals surface area (Å²) in [5.41, 5.74) is 1.05. The van der Waals surface area contributed by atoms with Crippen molar-refractivity contribution in [1.82, 2.24) is 5.32 Å². The molecular weight excluding hydrogens is 334 g/mol. The van der Waals surface area contributed by atoms with E-state index in [1.54, 1.807) is 45.0 Å². The Hall–Kier alpha value is -2.72. The van der Waals surface area contributed by atoms with Crippen molar-refractivity contribution in [3.05, 3.63) is 35.4 Å². The third-order valence-electron chi connectivity index (χ3n) is 3.16. The van der Waals surface area contributed by atoms with Gasteiger partial charge in [0, 0.05) is 25.3 Å². The van der Waals surface area contributed by atoms with Crippen molar-refractivity contribution in [2.75, 3.05) is 13.2 Å². The van der Waals surface area contributed by atoms with Gasteiger partial charge in [0.1, 0.15) is 5.60 Å². The molecule has 0 radical (unpaired) electrons. The van der Waals surface area contributed by atoms with Crippen molar-refractivity contribution in [2.24, 2.45) is 4.99 Å². The molecule has 7 nitrogen and oxygen atoms in total. The zero-order valence-corrected chi connectivity index (χ0v) is 15.4. The second kappa shape index (κ2) is 10.3. The van der Waals surface area contributed by atoms with Crippen molar-refractivity contribution < 1.29 is 19.4 Å². The Morgan fingerprint density at radius 2 is 1.92 bits per heavy atom. The minimum atomic E-state index is -0.746. The second-order valence-corrected chi connectivity index (χ2v) is 6.75. The van der Waals surface area contributed by atoms with Crippen LogP contribution in [0, 0.1) is 11.3 Å². The first kappa shape index (κ1) is 21.3. The van der Waals surface area contributed by atoms with Gasteiger partial charge in [-0.2, -0.15) is 10.3 Å². The Labute approximate surface area is 153 Å². The normalized spacial score (nSPS) is 11.6. The van der Waals surface area contributed by atoms with Crippen LogP contribution in [-0.4, -0.2) is 41.6 Å². The number of amides is 2. The molecule has 2 N–H and O–H groups in total. The van der Waals surface area contributed by atoms with Gasteiger partial charge in [0.05, 0.1) is 18.1 Å². The van der Waals surface area contributed by atoms with Gasteiger partial charge in [0.25, 0.3) is 0 Å². The summed E-state index contributed by atoms with van der Waals surface area (Å²) in [6.07, 6.45) is -0.0486. The number of rotatable bonds is 7. The van der Waals surface area contributed by atoms with Crippen molar-refractivity contribution in [3.8, 4) is 6.07 Å². The van der Waals surface area contributed by atoms with Gasteiger partial charge in [-0.25, -0.2) is 4.79 Å². The number of nitrogens with one attached hydrogen (secondary N) is 1. The molecule has 0 heterocycles. The Balaban J connectivity index is 2.87. The topological polar surface area (TPSA) is 112 Å². The lowest BCUT2D eigenvalue weighted by atomic mass is 10.0. The molecule has 0 atom stereocenters. The molecule has 0 saturated heterocycles. The highest BCUT2D eigenvalue weighted by Gasteiger charge is 2.17. The number of benzene rings is 1. The molecule has 2 amide bonds. The van der Waals surface area contributed by atoms with Gasteiger partial charge in [-0.15, -0.1) is 0 Å². The largest absolute Gasteiger partial charge is 0.442 e. The highest BCUT2D eigenvalue weighted by Crippen LogP contribution is 2.11. The van der Waals surface area contributed by atoms with Gasteiger partial charge < -0.3 is 15.2 Å². The molecule has 1 aromatic carbocycles. The van der Waals surface area contributed by atoms with E-state index in [0.717, 1.165) is 5.56 Å². The Kier molecular flexibility index (Phi) is 8.46. The van der Waals surface area contributed by atoms with E-state index in [1.165, 1.54) is 0 Å². The lowest BCUT2D eigenvalue weighted by Crippen LogP contribution is -2.28. The van der Waals surface area contributed by atoms with Crippen LogP contribution in [0.3, 0.4) is 0 Å². The fourth-order valence-electron chi connectivity index (χ4n) is 2.04. The number of hydrogen-bond acceptors (Lipinski definition) is 5. The van der Waals surface area contributed by atoms with E-state index >= 15 is 0 Å². The highest BCUT2D eigenvalue weighted by molar-refractivity contribution is 6.05. The van der Waals surface area contributed by atoms with Crippen molar-refractivity contribution in [2.45, 2.75) is 45.6 Å². The Morgan fingerprint density at radius 1 is 1.27 bits per heavy atom. The van der Waals surface area contributed by atoms with Crippen LogP contribution in [0.2, 0.25) is 0 Å². The van der Waals surface area contributed by atoms with E-state index < -0.39 is 11.7 Å². The molecule has 7 heteroatoms. The van der Waals surface area contributed by atoms with Crippen LogP contribution in [0.5, 0.6) is 0 Å². The lowest BCUT2D eigenvalue weighted by Gasteiger charge is -2.18. The van der Waals surface area contributed by atoms with Crippen LogP contribution >= 0.6 is 0 Å². The first-order chi connectivity index (χ1) is 12.2. The standard InChI is InChI=1S/C19H25N3O4/c1-19(2,3)26-18(25)22-16(12-17(24)21-9-4-10-23)11-14-5-7-15(13-20)8-6-14/h5-8,23H,4,9-12H2,1-3H3,(H,21,24). The molecule has 1 rings (SSSR count). The number of aliphatic imine (C=N–C) groups is 1. The summed E-state index contributed by atoms with van der Waals surface area (Å²) in [7, 11) is 0. The summed E-state index contributed by atoms with van der Waals surface area (Å²) in [6, 6.07) is 8.89. The quantitative estimate of drug-likeness (QED) is 0.573. The minimum Gasteiger partial charge on any atom is -0.442 e. The maximum Gasteiger partial charge on any atom is 0.434 e. The zero-order chi connectivity index (χ0) is 19.6. The van der Waals surface area contributed by atoms with Gasteiger partial charge >= 0.3 is 6.09 Å². The summed E-state index contributed by atoms with van der Waals surface area (Å²) in [6.45, 7) is 5.56. The lowest BCUT2D eigenvalue weighted by molar-refractivity contribution is -0.119. The van der Waals surface area contributed by atoms with E-state index in [1.807, 2.05) is 6.07 Å². The molecule has 0 bridgehead atoms. The third-order valence-corrected chi connectivity index (χ3v) is 3.16. The molecule has 0 spiro atoms. The smallest absolute Gasteiger partial charge is 0.434 e. The molecule has 0 unspecified atom stereocenters. The number of carbonyl (C=O) groups excluding carboxylic acids is 2. The second-order valence-electron chi connectivity index (χ2n) is 6.75. The van der Waals surface area contributed by atoms with Gasteiger partial charge in [-0.3, -0.25) is 4.79 Å². The van der Waals surface area contributed by atoms with Crippen LogP contribution in [-0.2, 0) is 16.0 Å². The Bertz CT molecular complexity index is 682. The summed E-state index contributed by atoms with van der Waals surface area (Å²) in [5, 5.41) is 20.3. The van der Waals surface area contributed by atoms with E-state index in [9.17, 15) is 9.59 Å². The molecule has 0 aliphatic carbocycles. The maximum absolute atomic E-state index is 12.0. The predicted octanol–water partition coefficient (Wildman–Crippen LogP) is 2.37. The summed E-state index contributed by atoms with van der Waals surface area (Å²) >= 11 is 0. The van der Waals surface area contributed by atoms with E-state index in [2.05, 4.69) is 10.3 Å². The van der Waals surface area contributed by atoms with Crippen molar-refractivity contribution >= 4 is 17.7 Å². The zero-order valence-electron chi connectivity index (χ0n) is 15.4. The molecule has 0 fully saturated rings. The predicted molar refractivity (Wildman–Crippen MR) is 97.9 cm³/mol. The summed E-state index contributed by atoms with van der Waals surface area (Å²) in [4.78, 5) is 27.9. The molecule has 0 aliphatic heterocycles. The average molecular weight is 359 g/mol. The molecule has 140 valence electrons. The number of nitriles is 1. The monoisotopic (exact) mass is 359 g/mol. The number of aliphatic hydroxyl groups excluding tert-OH is 1. The van der Waals surface area contributed by atoms with E-state index in [-0.39, 0.29) is 18.9 Å². The molecule has 0 aromatic heterocycles. The summed E-state index contributed by atoms with van der Waals surface area (Å²) < 4.78 is 5.19. The fraction of sp³-hybridized carbons (Fsp3) is 0.474. The average Bonchev–Trinajstić information content (AvgIpc) is 2.54. The highest BCUT2D eigenvalue weighted by atomic mass is 16.6. The first-order valence-corrected chi connectivity index (χ1v) is 8.39. The van der Waals surface area contributed by atoms with Crippen LogP contribution < -0.4 is 5.32 Å². The van der Waals surface area contributed by atoms with Crippen LogP contribution in [0.25, 0.3) is 0 Å². The fourth-order valence-corrected chi connectivity index (χ4v) is 2.04. The van der Waals surface area contributed by atoms with Crippen molar-refractivity contribution in [1.29, 1.82) is 5.26 Å². The van der Waals surface area contributed by atoms with Gasteiger partial charge in [0.2, 0.25) is 5.91 Å². The van der Waals surface area contributed by atoms with Gasteiger partial charge in [-0.05, 0) is 44.9 Å². The van der Waals surface area contributed by atoms with Crippen LogP contribution in [0.4, 0.5) is 4.79 Å². The minimum absolute atomic E-state index is 0.00955. The molecule has 0 aliphatic rings. The molecular formula is C19H25N3O4. The summed E-state index contributed by atoms with van der Waals surface area (Å²) in [5.74, 6) is -0.283. The SMILES string of the molecule is CC(C)(C)OC(=O)N=C(CC(=O)NCCCO)Cc1ccc(C#N)cc1. The number of hydrogen-bond donors (Lipinski definition) is 2. The molecule has 1 aromatic rings. The first-order valence-electron chi connectivity index (χ1n) is 8.39.